The van der Waals surface area contributed by atoms with Crippen LogP contribution in [-0.4, -0.2) is 17.5 Å². The van der Waals surface area contributed by atoms with Crippen molar-refractivity contribution in [3.63, 3.8) is 0 Å². The standard InChI is InChI=1S/C19H23FN4OS/c1-5-21-19(23-10-18-12(3)24-13(4)26-18)22-9-17-11(2)15-8-14(20)6-7-16(15)25-17/h6-8H,5,9-10H2,1-4H3,(H2,21,22,23). The molecule has 3 aromatic rings. The average molecular weight is 374 g/mol. The highest BCUT2D eigenvalue weighted by Gasteiger charge is 2.11. The van der Waals surface area contributed by atoms with Gasteiger partial charge in [-0.3, -0.25) is 0 Å². The number of fused-ring (bicyclic) bond motifs is 1. The summed E-state index contributed by atoms with van der Waals surface area (Å²) >= 11 is 1.69. The Kier molecular flexibility index (Phi) is 5.56. The topological polar surface area (TPSA) is 62.5 Å². The third-order valence-corrected chi connectivity index (χ3v) is 5.21. The molecular weight excluding hydrogens is 351 g/mol. The quantitative estimate of drug-likeness (QED) is 0.519. The molecule has 7 heteroatoms. The van der Waals surface area contributed by atoms with Gasteiger partial charge in [0.25, 0.3) is 0 Å². The number of rotatable bonds is 5. The molecule has 138 valence electrons. The zero-order valence-corrected chi connectivity index (χ0v) is 16.3. The van der Waals surface area contributed by atoms with Gasteiger partial charge in [-0.1, -0.05) is 0 Å². The Bertz CT molecular complexity index is 945. The number of benzene rings is 1. The summed E-state index contributed by atoms with van der Waals surface area (Å²) in [5.41, 5.74) is 2.65. The number of aromatic nitrogens is 1. The molecule has 0 atom stereocenters. The van der Waals surface area contributed by atoms with Crippen molar-refractivity contribution in [3.8, 4) is 0 Å². The Hall–Kier alpha value is -2.41. The summed E-state index contributed by atoms with van der Waals surface area (Å²) in [4.78, 5) is 10.2. The van der Waals surface area contributed by atoms with E-state index in [4.69, 9.17) is 4.42 Å². The van der Waals surface area contributed by atoms with Gasteiger partial charge >= 0.3 is 0 Å². The van der Waals surface area contributed by atoms with Crippen molar-refractivity contribution < 1.29 is 8.81 Å². The van der Waals surface area contributed by atoms with Crippen molar-refractivity contribution >= 4 is 28.3 Å². The molecule has 3 rings (SSSR count). The predicted octanol–water partition coefficient (Wildman–Crippen LogP) is 4.21. The Morgan fingerprint density at radius 3 is 2.77 bits per heavy atom. The largest absolute Gasteiger partial charge is 0.459 e. The summed E-state index contributed by atoms with van der Waals surface area (Å²) in [5, 5.41) is 8.42. The molecule has 0 aliphatic heterocycles. The molecule has 0 spiro atoms. The average Bonchev–Trinajstić information content (AvgIpc) is 3.09. The van der Waals surface area contributed by atoms with E-state index in [1.807, 2.05) is 27.7 Å². The molecule has 0 amide bonds. The minimum atomic E-state index is -0.262. The van der Waals surface area contributed by atoms with Crippen molar-refractivity contribution in [1.29, 1.82) is 0 Å². The number of guanidine groups is 1. The smallest absolute Gasteiger partial charge is 0.191 e. The van der Waals surface area contributed by atoms with Crippen molar-refractivity contribution in [1.82, 2.24) is 15.6 Å². The lowest BCUT2D eigenvalue weighted by Crippen LogP contribution is -2.36. The summed E-state index contributed by atoms with van der Waals surface area (Å²) in [6.07, 6.45) is 0. The van der Waals surface area contributed by atoms with E-state index in [0.717, 1.165) is 34.0 Å². The van der Waals surface area contributed by atoms with Crippen molar-refractivity contribution in [2.75, 3.05) is 6.54 Å². The molecule has 0 unspecified atom stereocenters. The zero-order valence-electron chi connectivity index (χ0n) is 15.4. The predicted molar refractivity (Wildman–Crippen MR) is 104 cm³/mol. The van der Waals surface area contributed by atoms with E-state index in [0.29, 0.717) is 24.6 Å². The molecule has 26 heavy (non-hydrogen) atoms. The molecule has 5 nitrogen and oxygen atoms in total. The van der Waals surface area contributed by atoms with Crippen LogP contribution in [0, 0.1) is 26.6 Å². The lowest BCUT2D eigenvalue weighted by Gasteiger charge is -2.10. The maximum absolute atomic E-state index is 13.4. The third kappa shape index (κ3) is 4.04. The Morgan fingerprint density at radius 1 is 1.27 bits per heavy atom. The van der Waals surface area contributed by atoms with E-state index in [2.05, 4.69) is 20.6 Å². The van der Waals surface area contributed by atoms with Crippen molar-refractivity contribution in [3.05, 3.63) is 50.9 Å². The molecule has 2 N–H and O–H groups in total. The number of aliphatic imine (C=N–C) groups is 1. The van der Waals surface area contributed by atoms with E-state index in [1.54, 1.807) is 17.4 Å². The van der Waals surface area contributed by atoms with Gasteiger partial charge in [-0.25, -0.2) is 14.4 Å². The van der Waals surface area contributed by atoms with Crippen LogP contribution in [0.1, 0.15) is 33.8 Å². The maximum Gasteiger partial charge on any atom is 0.191 e. The van der Waals surface area contributed by atoms with E-state index >= 15 is 0 Å². The molecule has 0 saturated carbocycles. The van der Waals surface area contributed by atoms with Crippen LogP contribution in [0.15, 0.2) is 27.6 Å². The molecule has 0 saturated heterocycles. The summed E-state index contributed by atoms with van der Waals surface area (Å²) in [6.45, 7) is 9.80. The molecule has 0 aliphatic rings. The van der Waals surface area contributed by atoms with E-state index in [1.165, 1.54) is 17.0 Å². The molecule has 0 bridgehead atoms. The highest BCUT2D eigenvalue weighted by molar-refractivity contribution is 7.11. The summed E-state index contributed by atoms with van der Waals surface area (Å²) < 4.78 is 19.3. The molecule has 2 aromatic heterocycles. The van der Waals surface area contributed by atoms with Gasteiger partial charge in [0.15, 0.2) is 5.96 Å². The van der Waals surface area contributed by atoms with Gasteiger partial charge in [0.1, 0.15) is 23.7 Å². The van der Waals surface area contributed by atoms with Crippen molar-refractivity contribution in [2.45, 2.75) is 40.8 Å². The first-order valence-corrected chi connectivity index (χ1v) is 9.42. The first-order chi connectivity index (χ1) is 12.5. The Labute approximate surface area is 156 Å². The molecule has 0 aliphatic carbocycles. The van der Waals surface area contributed by atoms with Gasteiger partial charge in [-0.2, -0.15) is 0 Å². The Balaban J connectivity index is 1.75. The van der Waals surface area contributed by atoms with Gasteiger partial charge < -0.3 is 15.1 Å². The van der Waals surface area contributed by atoms with Gasteiger partial charge in [0.05, 0.1) is 17.2 Å². The molecule has 2 heterocycles. The second kappa shape index (κ2) is 7.86. The number of nitrogens with one attached hydrogen (secondary N) is 2. The minimum absolute atomic E-state index is 0.262. The number of hydrogen-bond acceptors (Lipinski definition) is 4. The van der Waals surface area contributed by atoms with Gasteiger partial charge in [-0.15, -0.1) is 11.3 Å². The minimum Gasteiger partial charge on any atom is -0.459 e. The van der Waals surface area contributed by atoms with Crippen molar-refractivity contribution in [2.24, 2.45) is 4.99 Å². The lowest BCUT2D eigenvalue weighted by atomic mass is 10.1. The summed E-state index contributed by atoms with van der Waals surface area (Å²) in [5.74, 6) is 1.19. The first-order valence-electron chi connectivity index (χ1n) is 8.60. The van der Waals surface area contributed by atoms with Gasteiger partial charge in [0, 0.05) is 22.4 Å². The van der Waals surface area contributed by atoms with Crippen LogP contribution in [-0.2, 0) is 13.1 Å². The fourth-order valence-electron chi connectivity index (χ4n) is 2.79. The van der Waals surface area contributed by atoms with E-state index < -0.39 is 0 Å². The van der Waals surface area contributed by atoms with Crippen LogP contribution in [0.25, 0.3) is 11.0 Å². The number of aryl methyl sites for hydroxylation is 3. The summed E-state index contributed by atoms with van der Waals surface area (Å²) in [6, 6.07) is 4.56. The van der Waals surface area contributed by atoms with Crippen LogP contribution in [0.4, 0.5) is 4.39 Å². The van der Waals surface area contributed by atoms with Crippen LogP contribution in [0.3, 0.4) is 0 Å². The SMILES string of the molecule is CCNC(=NCc1oc2ccc(F)cc2c1C)NCc1sc(C)nc1C. The van der Waals surface area contributed by atoms with Crippen LogP contribution in [0.2, 0.25) is 0 Å². The lowest BCUT2D eigenvalue weighted by molar-refractivity contribution is 0.547. The van der Waals surface area contributed by atoms with Crippen LogP contribution in [0.5, 0.6) is 0 Å². The monoisotopic (exact) mass is 374 g/mol. The second-order valence-electron chi connectivity index (χ2n) is 6.08. The van der Waals surface area contributed by atoms with E-state index in [-0.39, 0.29) is 5.82 Å². The van der Waals surface area contributed by atoms with Gasteiger partial charge in [0.2, 0.25) is 0 Å². The fraction of sp³-hybridized carbons (Fsp3) is 0.368. The van der Waals surface area contributed by atoms with Gasteiger partial charge in [-0.05, 0) is 45.9 Å². The number of furan rings is 1. The molecular formula is C19H23FN4OS. The molecule has 0 radical (unpaired) electrons. The number of nitrogens with zero attached hydrogens (tertiary/aromatic N) is 2. The fourth-order valence-corrected chi connectivity index (χ4v) is 3.67. The summed E-state index contributed by atoms with van der Waals surface area (Å²) in [7, 11) is 0. The molecule has 1 aromatic carbocycles. The highest BCUT2D eigenvalue weighted by atomic mass is 32.1. The Morgan fingerprint density at radius 2 is 2.08 bits per heavy atom. The third-order valence-electron chi connectivity index (χ3n) is 4.14. The normalized spacial score (nSPS) is 12.0. The maximum atomic E-state index is 13.4. The number of halogens is 1. The van der Waals surface area contributed by atoms with E-state index in [9.17, 15) is 4.39 Å². The van der Waals surface area contributed by atoms with Crippen LogP contribution >= 0.6 is 11.3 Å². The number of hydrogen-bond donors (Lipinski definition) is 2. The second-order valence-corrected chi connectivity index (χ2v) is 7.37. The molecule has 0 fully saturated rings. The van der Waals surface area contributed by atoms with Crippen LogP contribution < -0.4 is 10.6 Å². The first kappa shape index (κ1) is 18.4. The highest BCUT2D eigenvalue weighted by Crippen LogP contribution is 2.26. The number of thiazole rings is 1. The zero-order chi connectivity index (χ0) is 18.7.